The number of carbonyl (C=O) groups is 2. The summed E-state index contributed by atoms with van der Waals surface area (Å²) in [5.74, 6) is -0.887. The van der Waals surface area contributed by atoms with Gasteiger partial charge in [-0.1, -0.05) is 0 Å². The molecule has 0 saturated carbocycles. The molecule has 0 bridgehead atoms. The van der Waals surface area contributed by atoms with Crippen LogP contribution in [0.15, 0.2) is 36.4 Å². The van der Waals surface area contributed by atoms with Crippen LogP contribution in [0.25, 0.3) is 11.1 Å². The minimum absolute atomic E-state index is 0.412. The van der Waals surface area contributed by atoms with Crippen LogP contribution in [-0.4, -0.2) is 26.2 Å². The highest BCUT2D eigenvalue weighted by atomic mass is 127. The number of hydrogen-bond acceptors (Lipinski definition) is 4. The smallest absolute Gasteiger partial charge is 0.338 e. The molecule has 0 aromatic heterocycles. The number of esters is 2. The van der Waals surface area contributed by atoms with Crippen molar-refractivity contribution in [1.82, 2.24) is 0 Å². The van der Waals surface area contributed by atoms with E-state index >= 15 is 0 Å². The van der Waals surface area contributed by atoms with E-state index in [1.54, 1.807) is 12.1 Å². The average Bonchev–Trinajstić information content (AvgIpc) is 2.53. The standard InChI is InChI=1S/C16H12I2O4/c1-21-15(19)11-5-3-9(17)7-13(11)14-8-10(18)4-6-12(14)16(20)22-2/h3-8H,1-2H3. The fourth-order valence-electron chi connectivity index (χ4n) is 2.05. The van der Waals surface area contributed by atoms with E-state index in [1.807, 2.05) is 24.3 Å². The second kappa shape index (κ2) is 7.40. The monoisotopic (exact) mass is 522 g/mol. The van der Waals surface area contributed by atoms with E-state index in [0.29, 0.717) is 22.3 Å². The third-order valence-electron chi connectivity index (χ3n) is 3.06. The minimum atomic E-state index is -0.443. The molecule has 0 saturated heterocycles. The van der Waals surface area contributed by atoms with Gasteiger partial charge in [-0.3, -0.25) is 0 Å². The van der Waals surface area contributed by atoms with Crippen LogP contribution in [-0.2, 0) is 9.47 Å². The van der Waals surface area contributed by atoms with Crippen LogP contribution in [0.4, 0.5) is 0 Å². The van der Waals surface area contributed by atoms with Crippen LogP contribution in [0.1, 0.15) is 20.7 Å². The van der Waals surface area contributed by atoms with Gasteiger partial charge in [0.25, 0.3) is 0 Å². The Hall–Kier alpha value is -1.16. The molecule has 0 spiro atoms. The fourth-order valence-corrected chi connectivity index (χ4v) is 3.04. The zero-order valence-electron chi connectivity index (χ0n) is 11.9. The van der Waals surface area contributed by atoms with E-state index in [1.165, 1.54) is 14.2 Å². The van der Waals surface area contributed by atoms with Gasteiger partial charge in [-0.15, -0.1) is 0 Å². The van der Waals surface area contributed by atoms with E-state index in [9.17, 15) is 9.59 Å². The number of carbonyl (C=O) groups excluding carboxylic acids is 2. The number of ether oxygens (including phenoxy) is 2. The zero-order chi connectivity index (χ0) is 16.3. The molecule has 0 aliphatic carbocycles. The normalized spacial score (nSPS) is 10.2. The lowest BCUT2D eigenvalue weighted by Crippen LogP contribution is -2.08. The van der Waals surface area contributed by atoms with E-state index in [2.05, 4.69) is 45.2 Å². The van der Waals surface area contributed by atoms with Crippen molar-refractivity contribution in [3.8, 4) is 11.1 Å². The minimum Gasteiger partial charge on any atom is -0.465 e. The molecule has 2 aromatic carbocycles. The predicted molar refractivity (Wildman–Crippen MR) is 100.0 cm³/mol. The molecule has 0 radical (unpaired) electrons. The summed E-state index contributed by atoms with van der Waals surface area (Å²) >= 11 is 4.32. The van der Waals surface area contributed by atoms with Gasteiger partial charge in [-0.05, 0) is 92.7 Å². The van der Waals surface area contributed by atoms with Crippen molar-refractivity contribution in [1.29, 1.82) is 0 Å². The van der Waals surface area contributed by atoms with E-state index < -0.39 is 11.9 Å². The van der Waals surface area contributed by atoms with Gasteiger partial charge in [0.1, 0.15) is 0 Å². The topological polar surface area (TPSA) is 52.6 Å². The molecule has 0 aliphatic rings. The molecule has 0 atom stereocenters. The quantitative estimate of drug-likeness (QED) is 0.450. The third-order valence-corrected chi connectivity index (χ3v) is 4.41. The first kappa shape index (κ1) is 17.2. The molecule has 2 aromatic rings. The molecule has 2 rings (SSSR count). The molecular weight excluding hydrogens is 510 g/mol. The molecule has 0 aliphatic heterocycles. The second-order valence-corrected chi connectivity index (χ2v) is 6.85. The fraction of sp³-hybridized carbons (Fsp3) is 0.125. The molecule has 114 valence electrons. The van der Waals surface area contributed by atoms with E-state index in [0.717, 1.165) is 7.14 Å². The lowest BCUT2D eigenvalue weighted by molar-refractivity contribution is 0.0590. The summed E-state index contributed by atoms with van der Waals surface area (Å²) in [5.41, 5.74) is 2.13. The summed E-state index contributed by atoms with van der Waals surface area (Å²) in [7, 11) is 2.67. The summed E-state index contributed by atoms with van der Waals surface area (Å²) < 4.78 is 11.6. The van der Waals surface area contributed by atoms with Crippen molar-refractivity contribution in [3.63, 3.8) is 0 Å². The lowest BCUT2D eigenvalue weighted by Gasteiger charge is -2.13. The lowest BCUT2D eigenvalue weighted by atomic mass is 9.95. The molecule has 0 N–H and O–H groups in total. The van der Waals surface area contributed by atoms with Gasteiger partial charge >= 0.3 is 11.9 Å². The van der Waals surface area contributed by atoms with Gasteiger partial charge in [-0.2, -0.15) is 0 Å². The summed E-state index contributed by atoms with van der Waals surface area (Å²) in [4.78, 5) is 24.0. The van der Waals surface area contributed by atoms with Gasteiger partial charge in [0.15, 0.2) is 0 Å². The van der Waals surface area contributed by atoms with Crippen molar-refractivity contribution in [2.24, 2.45) is 0 Å². The van der Waals surface area contributed by atoms with Crippen molar-refractivity contribution in [2.45, 2.75) is 0 Å². The maximum absolute atomic E-state index is 12.0. The van der Waals surface area contributed by atoms with Crippen LogP contribution in [0.3, 0.4) is 0 Å². The van der Waals surface area contributed by atoms with Crippen molar-refractivity contribution >= 4 is 57.1 Å². The van der Waals surface area contributed by atoms with Crippen LogP contribution < -0.4 is 0 Å². The van der Waals surface area contributed by atoms with Gasteiger partial charge in [0.05, 0.1) is 25.3 Å². The Morgan fingerprint density at radius 2 is 1.14 bits per heavy atom. The summed E-state index contributed by atoms with van der Waals surface area (Å²) in [6.45, 7) is 0. The molecule has 4 nitrogen and oxygen atoms in total. The number of rotatable bonds is 3. The van der Waals surface area contributed by atoms with Gasteiger partial charge in [0.2, 0.25) is 0 Å². The van der Waals surface area contributed by atoms with E-state index in [4.69, 9.17) is 9.47 Å². The van der Waals surface area contributed by atoms with Crippen LogP contribution in [0, 0.1) is 7.14 Å². The molecule has 0 amide bonds. The zero-order valence-corrected chi connectivity index (χ0v) is 16.2. The maximum Gasteiger partial charge on any atom is 0.338 e. The molecule has 0 fully saturated rings. The van der Waals surface area contributed by atoms with Crippen molar-refractivity contribution < 1.29 is 19.1 Å². The van der Waals surface area contributed by atoms with Crippen molar-refractivity contribution in [3.05, 3.63) is 54.7 Å². The number of hydrogen-bond donors (Lipinski definition) is 0. The molecule has 22 heavy (non-hydrogen) atoms. The Kier molecular flexibility index (Phi) is 5.79. The molecule has 6 heteroatoms. The molecule has 0 heterocycles. The van der Waals surface area contributed by atoms with Crippen LogP contribution in [0.5, 0.6) is 0 Å². The Balaban J connectivity index is 2.75. The number of halogens is 2. The number of benzene rings is 2. The highest BCUT2D eigenvalue weighted by Gasteiger charge is 2.20. The van der Waals surface area contributed by atoms with E-state index in [-0.39, 0.29) is 0 Å². The molecular formula is C16H12I2O4. The Bertz CT molecular complexity index is 677. The average molecular weight is 522 g/mol. The third kappa shape index (κ3) is 3.60. The predicted octanol–water partition coefficient (Wildman–Crippen LogP) is 4.14. The Morgan fingerprint density at radius 3 is 1.45 bits per heavy atom. The first-order valence-corrected chi connectivity index (χ1v) is 8.39. The highest BCUT2D eigenvalue weighted by molar-refractivity contribution is 14.1. The highest BCUT2D eigenvalue weighted by Crippen LogP contribution is 2.31. The SMILES string of the molecule is COC(=O)c1ccc(I)cc1-c1cc(I)ccc1C(=O)OC. The van der Waals surface area contributed by atoms with Gasteiger partial charge in [0, 0.05) is 7.14 Å². The van der Waals surface area contributed by atoms with Crippen LogP contribution in [0.2, 0.25) is 0 Å². The molecule has 0 unspecified atom stereocenters. The second-order valence-electron chi connectivity index (χ2n) is 4.36. The summed E-state index contributed by atoms with van der Waals surface area (Å²) in [6, 6.07) is 10.7. The van der Waals surface area contributed by atoms with Gasteiger partial charge in [-0.25, -0.2) is 9.59 Å². The van der Waals surface area contributed by atoms with Gasteiger partial charge < -0.3 is 9.47 Å². The Labute approximate surface area is 155 Å². The van der Waals surface area contributed by atoms with Crippen molar-refractivity contribution in [2.75, 3.05) is 14.2 Å². The Morgan fingerprint density at radius 1 is 0.773 bits per heavy atom. The summed E-state index contributed by atoms with van der Waals surface area (Å²) in [5, 5.41) is 0. The first-order valence-electron chi connectivity index (χ1n) is 6.24. The first-order chi connectivity index (χ1) is 10.5. The number of methoxy groups -OCH3 is 2. The summed E-state index contributed by atoms with van der Waals surface area (Å²) in [6.07, 6.45) is 0. The largest absolute Gasteiger partial charge is 0.465 e. The maximum atomic E-state index is 12.0. The van der Waals surface area contributed by atoms with Crippen LogP contribution >= 0.6 is 45.2 Å².